The van der Waals surface area contributed by atoms with Crippen LogP contribution in [0.3, 0.4) is 0 Å². The van der Waals surface area contributed by atoms with Gasteiger partial charge in [-0.15, -0.1) is 0 Å². The smallest absolute Gasteiger partial charge is 0.131 e. The van der Waals surface area contributed by atoms with E-state index < -0.39 is 0 Å². The number of rotatable bonds is 1. The first kappa shape index (κ1) is 7.44. The van der Waals surface area contributed by atoms with Crippen LogP contribution in [0.5, 0.6) is 0 Å². The second kappa shape index (κ2) is 2.51. The Hall–Kier alpha value is -0.960. The lowest BCUT2D eigenvalue weighted by atomic mass is 10.2. The molecule has 0 amide bonds. The second-order valence-corrected chi connectivity index (χ2v) is 4.06. The molecule has 13 heavy (non-hydrogen) atoms. The molecular weight excluding hydrogens is 162 g/mol. The second-order valence-electron chi connectivity index (χ2n) is 4.06. The fourth-order valence-corrected chi connectivity index (χ4v) is 1.93. The number of aryl methyl sites for hydroxylation is 1. The summed E-state index contributed by atoms with van der Waals surface area (Å²) in [5, 5.41) is 0. The van der Waals surface area contributed by atoms with Gasteiger partial charge in [0.05, 0.1) is 5.69 Å². The van der Waals surface area contributed by atoms with Crippen LogP contribution < -0.4 is 5.73 Å². The maximum Gasteiger partial charge on any atom is 0.131 e. The highest BCUT2D eigenvalue weighted by Crippen LogP contribution is 2.39. The number of hydrogen-bond acceptors (Lipinski definition) is 3. The number of fused-ring (bicyclic) bond motifs is 1. The van der Waals surface area contributed by atoms with E-state index in [9.17, 15) is 0 Å². The molecule has 2 aliphatic rings. The summed E-state index contributed by atoms with van der Waals surface area (Å²) in [5.41, 5.74) is 8.31. The van der Waals surface area contributed by atoms with Crippen molar-refractivity contribution in [2.24, 2.45) is 5.73 Å². The molecule has 0 saturated heterocycles. The Bertz CT molecular complexity index is 344. The Kier molecular flexibility index (Phi) is 1.44. The van der Waals surface area contributed by atoms with Gasteiger partial charge in [0.25, 0.3) is 0 Å². The molecule has 0 aromatic carbocycles. The summed E-state index contributed by atoms with van der Waals surface area (Å²) >= 11 is 0. The first-order chi connectivity index (χ1) is 6.34. The number of nitrogens with two attached hydrogens (primary N) is 1. The lowest BCUT2D eigenvalue weighted by molar-refractivity contribution is 0.691. The third-order valence-electron chi connectivity index (χ3n) is 2.94. The molecule has 1 aromatic heterocycles. The third-order valence-corrected chi connectivity index (χ3v) is 2.94. The monoisotopic (exact) mass is 175 g/mol. The molecule has 1 fully saturated rings. The molecular formula is C10H13N3. The molecule has 2 N–H and O–H groups in total. The summed E-state index contributed by atoms with van der Waals surface area (Å²) in [6, 6.07) is 0.162. The maximum atomic E-state index is 5.95. The predicted octanol–water partition coefficient (Wildman–Crippen LogP) is 1.30. The van der Waals surface area contributed by atoms with Crippen molar-refractivity contribution in [3.05, 3.63) is 23.3 Å². The molecule has 1 aromatic rings. The SMILES string of the molecule is NC1CCc2cnc(C3CC3)nc21. The van der Waals surface area contributed by atoms with Crippen LogP contribution in [-0.2, 0) is 6.42 Å². The van der Waals surface area contributed by atoms with Crippen molar-refractivity contribution in [2.75, 3.05) is 0 Å². The Labute approximate surface area is 77.4 Å². The molecule has 0 radical (unpaired) electrons. The van der Waals surface area contributed by atoms with Crippen LogP contribution in [0.4, 0.5) is 0 Å². The highest BCUT2D eigenvalue weighted by molar-refractivity contribution is 5.27. The molecule has 3 heteroatoms. The van der Waals surface area contributed by atoms with Crippen molar-refractivity contribution < 1.29 is 0 Å². The van der Waals surface area contributed by atoms with E-state index in [0.29, 0.717) is 5.92 Å². The molecule has 0 spiro atoms. The van der Waals surface area contributed by atoms with Crippen LogP contribution >= 0.6 is 0 Å². The zero-order valence-corrected chi connectivity index (χ0v) is 7.53. The number of hydrogen-bond donors (Lipinski definition) is 1. The minimum Gasteiger partial charge on any atom is -0.323 e. The standard InChI is InChI=1S/C10H13N3/c11-8-4-3-7-5-12-10(6-1-2-6)13-9(7)8/h5-6,8H,1-4,11H2. The van der Waals surface area contributed by atoms with Gasteiger partial charge in [0.2, 0.25) is 0 Å². The number of nitrogens with zero attached hydrogens (tertiary/aromatic N) is 2. The van der Waals surface area contributed by atoms with Gasteiger partial charge in [0.15, 0.2) is 0 Å². The zero-order chi connectivity index (χ0) is 8.84. The minimum atomic E-state index is 0.162. The van der Waals surface area contributed by atoms with Crippen LogP contribution in [-0.4, -0.2) is 9.97 Å². The van der Waals surface area contributed by atoms with E-state index in [2.05, 4.69) is 9.97 Å². The van der Waals surface area contributed by atoms with Gasteiger partial charge < -0.3 is 5.73 Å². The van der Waals surface area contributed by atoms with Crippen LogP contribution in [0, 0.1) is 0 Å². The largest absolute Gasteiger partial charge is 0.323 e. The molecule has 0 bridgehead atoms. The summed E-state index contributed by atoms with van der Waals surface area (Å²) in [7, 11) is 0. The van der Waals surface area contributed by atoms with E-state index in [4.69, 9.17) is 5.73 Å². The van der Waals surface area contributed by atoms with Crippen LogP contribution in [0.2, 0.25) is 0 Å². The van der Waals surface area contributed by atoms with E-state index in [-0.39, 0.29) is 6.04 Å². The van der Waals surface area contributed by atoms with Gasteiger partial charge in [-0.05, 0) is 31.2 Å². The Morgan fingerprint density at radius 2 is 2.15 bits per heavy atom. The van der Waals surface area contributed by atoms with E-state index >= 15 is 0 Å². The first-order valence-electron chi connectivity index (χ1n) is 4.96. The fourth-order valence-electron chi connectivity index (χ4n) is 1.93. The topological polar surface area (TPSA) is 51.8 Å². The van der Waals surface area contributed by atoms with Gasteiger partial charge in [-0.25, -0.2) is 9.97 Å². The molecule has 0 aliphatic heterocycles. The summed E-state index contributed by atoms with van der Waals surface area (Å²) in [5.74, 6) is 1.66. The van der Waals surface area contributed by atoms with Gasteiger partial charge in [-0.2, -0.15) is 0 Å². The average Bonchev–Trinajstić information content (AvgIpc) is 2.93. The van der Waals surface area contributed by atoms with Crippen molar-refractivity contribution in [3.8, 4) is 0 Å². The lowest BCUT2D eigenvalue weighted by Gasteiger charge is -2.04. The minimum absolute atomic E-state index is 0.162. The lowest BCUT2D eigenvalue weighted by Crippen LogP contribution is -2.09. The zero-order valence-electron chi connectivity index (χ0n) is 7.53. The normalized spacial score (nSPS) is 26.1. The van der Waals surface area contributed by atoms with Crippen molar-refractivity contribution >= 4 is 0 Å². The van der Waals surface area contributed by atoms with E-state index in [1.807, 2.05) is 6.20 Å². The maximum absolute atomic E-state index is 5.95. The summed E-state index contributed by atoms with van der Waals surface area (Å²) in [6.07, 6.45) is 6.59. The van der Waals surface area contributed by atoms with Gasteiger partial charge in [-0.1, -0.05) is 0 Å². The molecule has 3 nitrogen and oxygen atoms in total. The summed E-state index contributed by atoms with van der Waals surface area (Å²) in [4.78, 5) is 8.94. The number of aromatic nitrogens is 2. The summed E-state index contributed by atoms with van der Waals surface area (Å²) in [6.45, 7) is 0. The van der Waals surface area contributed by atoms with E-state index in [1.165, 1.54) is 18.4 Å². The first-order valence-corrected chi connectivity index (χ1v) is 4.96. The van der Waals surface area contributed by atoms with Crippen LogP contribution in [0.15, 0.2) is 6.20 Å². The van der Waals surface area contributed by atoms with Crippen molar-refractivity contribution in [1.29, 1.82) is 0 Å². The van der Waals surface area contributed by atoms with Crippen molar-refractivity contribution in [3.63, 3.8) is 0 Å². The average molecular weight is 175 g/mol. The Morgan fingerprint density at radius 1 is 1.31 bits per heavy atom. The molecule has 3 rings (SSSR count). The van der Waals surface area contributed by atoms with E-state index in [0.717, 1.165) is 24.4 Å². The predicted molar refractivity (Wildman–Crippen MR) is 49.3 cm³/mol. The highest BCUT2D eigenvalue weighted by atomic mass is 14.9. The fraction of sp³-hybridized carbons (Fsp3) is 0.600. The Morgan fingerprint density at radius 3 is 2.92 bits per heavy atom. The quantitative estimate of drug-likeness (QED) is 0.700. The summed E-state index contributed by atoms with van der Waals surface area (Å²) < 4.78 is 0. The highest BCUT2D eigenvalue weighted by Gasteiger charge is 2.29. The van der Waals surface area contributed by atoms with Crippen LogP contribution in [0.25, 0.3) is 0 Å². The molecule has 68 valence electrons. The van der Waals surface area contributed by atoms with Crippen molar-refractivity contribution in [2.45, 2.75) is 37.6 Å². The van der Waals surface area contributed by atoms with Gasteiger partial charge >= 0.3 is 0 Å². The van der Waals surface area contributed by atoms with Gasteiger partial charge in [-0.3, -0.25) is 0 Å². The Balaban J connectivity index is 2.04. The molecule has 1 unspecified atom stereocenters. The van der Waals surface area contributed by atoms with Crippen LogP contribution in [0.1, 0.15) is 48.3 Å². The molecule has 1 atom stereocenters. The molecule has 2 aliphatic carbocycles. The van der Waals surface area contributed by atoms with Gasteiger partial charge in [0.1, 0.15) is 5.82 Å². The molecule has 1 heterocycles. The van der Waals surface area contributed by atoms with E-state index in [1.54, 1.807) is 0 Å². The molecule has 1 saturated carbocycles. The third kappa shape index (κ3) is 1.15. The van der Waals surface area contributed by atoms with Gasteiger partial charge in [0, 0.05) is 18.2 Å². The van der Waals surface area contributed by atoms with Crippen molar-refractivity contribution in [1.82, 2.24) is 9.97 Å².